The summed E-state index contributed by atoms with van der Waals surface area (Å²) >= 11 is 0. The van der Waals surface area contributed by atoms with Crippen LogP contribution in [-0.4, -0.2) is 44.9 Å². The Balaban J connectivity index is 1.12. The predicted molar refractivity (Wildman–Crippen MR) is 121 cm³/mol. The number of fused-ring (bicyclic) bond motifs is 3. The van der Waals surface area contributed by atoms with Crippen molar-refractivity contribution in [2.24, 2.45) is 11.8 Å². The van der Waals surface area contributed by atoms with Crippen molar-refractivity contribution in [1.29, 1.82) is 0 Å². The van der Waals surface area contributed by atoms with Crippen LogP contribution in [0, 0.1) is 17.7 Å². The minimum Gasteiger partial charge on any atom is -0.487 e. The highest BCUT2D eigenvalue weighted by Crippen LogP contribution is 2.37. The molecular weight excluding hydrogens is 421 g/mol. The smallest absolute Gasteiger partial charge is 0.224 e. The third-order valence-electron chi connectivity index (χ3n) is 6.71. The van der Waals surface area contributed by atoms with Gasteiger partial charge in [-0.05, 0) is 55.1 Å². The molecule has 3 aromatic rings. The lowest BCUT2D eigenvalue weighted by Gasteiger charge is -2.49. The predicted octanol–water partition coefficient (Wildman–Crippen LogP) is 3.02. The van der Waals surface area contributed by atoms with Gasteiger partial charge >= 0.3 is 0 Å². The summed E-state index contributed by atoms with van der Waals surface area (Å²) < 4.78 is 20.7. The van der Waals surface area contributed by atoms with E-state index in [9.17, 15) is 9.18 Å². The van der Waals surface area contributed by atoms with Gasteiger partial charge in [0.05, 0.1) is 18.7 Å². The second kappa shape index (κ2) is 9.70. The average Bonchev–Trinajstić information content (AvgIpc) is 3.30. The maximum Gasteiger partial charge on any atom is 0.224 e. The summed E-state index contributed by atoms with van der Waals surface area (Å²) in [5, 5.41) is 11.6. The molecule has 6 rings (SSSR count). The van der Waals surface area contributed by atoms with Crippen molar-refractivity contribution in [2.45, 2.75) is 38.6 Å². The van der Waals surface area contributed by atoms with Crippen molar-refractivity contribution in [1.82, 2.24) is 25.2 Å². The molecule has 2 aromatic carbocycles. The number of nitrogens with zero attached hydrogens (tertiary/aromatic N) is 4. The van der Waals surface area contributed by atoms with Crippen molar-refractivity contribution in [3.63, 3.8) is 0 Å². The van der Waals surface area contributed by atoms with Crippen LogP contribution in [0.25, 0.3) is 0 Å². The van der Waals surface area contributed by atoms with Gasteiger partial charge in [0.1, 0.15) is 23.9 Å². The third-order valence-corrected chi connectivity index (χ3v) is 6.71. The van der Waals surface area contributed by atoms with Crippen molar-refractivity contribution >= 4 is 5.91 Å². The molecule has 1 amide bonds. The van der Waals surface area contributed by atoms with Crippen molar-refractivity contribution < 1.29 is 13.9 Å². The Bertz CT molecular complexity index is 1070. The number of para-hydroxylation sites is 1. The third kappa shape index (κ3) is 5.22. The van der Waals surface area contributed by atoms with Crippen LogP contribution >= 0.6 is 0 Å². The van der Waals surface area contributed by atoms with Gasteiger partial charge in [-0.15, -0.1) is 5.10 Å². The summed E-state index contributed by atoms with van der Waals surface area (Å²) in [5.41, 5.74) is 1.70. The first-order chi connectivity index (χ1) is 16.1. The molecule has 1 unspecified atom stereocenters. The summed E-state index contributed by atoms with van der Waals surface area (Å²) in [7, 11) is 0. The number of nitrogens with one attached hydrogen (secondary N) is 1. The van der Waals surface area contributed by atoms with Gasteiger partial charge in [0.25, 0.3) is 0 Å². The average molecular weight is 450 g/mol. The minimum absolute atomic E-state index is 0.000952. The van der Waals surface area contributed by atoms with Gasteiger partial charge in [0, 0.05) is 19.1 Å². The topological polar surface area (TPSA) is 72.3 Å². The fourth-order valence-corrected chi connectivity index (χ4v) is 4.93. The second-order valence-electron chi connectivity index (χ2n) is 8.92. The lowest BCUT2D eigenvalue weighted by Crippen LogP contribution is -2.58. The van der Waals surface area contributed by atoms with E-state index in [1.165, 1.54) is 12.1 Å². The van der Waals surface area contributed by atoms with E-state index in [0.717, 1.165) is 49.5 Å². The molecule has 1 aromatic heterocycles. The summed E-state index contributed by atoms with van der Waals surface area (Å²) in [4.78, 5) is 15.2. The van der Waals surface area contributed by atoms with Gasteiger partial charge in [-0.25, -0.2) is 4.39 Å². The molecule has 0 spiro atoms. The number of ether oxygens (including phenoxy) is 1. The molecule has 4 heterocycles. The van der Waals surface area contributed by atoms with Crippen LogP contribution in [-0.2, 0) is 24.5 Å². The molecule has 3 aliphatic heterocycles. The number of rotatable bonds is 8. The zero-order valence-corrected chi connectivity index (χ0v) is 18.4. The van der Waals surface area contributed by atoms with E-state index < -0.39 is 0 Å². The number of hydrogen-bond donors (Lipinski definition) is 1. The van der Waals surface area contributed by atoms with E-state index in [0.29, 0.717) is 25.1 Å². The van der Waals surface area contributed by atoms with Crippen molar-refractivity contribution in [3.05, 3.63) is 77.9 Å². The van der Waals surface area contributed by atoms with Crippen LogP contribution in [0.1, 0.15) is 24.1 Å². The minimum atomic E-state index is -0.267. The molecule has 0 aliphatic carbocycles. The number of aromatic nitrogens is 3. The van der Waals surface area contributed by atoms with Crippen LogP contribution in [0.3, 0.4) is 0 Å². The molecule has 4 atom stereocenters. The number of halogens is 1. The van der Waals surface area contributed by atoms with Crippen LogP contribution in [0.4, 0.5) is 4.39 Å². The molecule has 172 valence electrons. The van der Waals surface area contributed by atoms with Crippen molar-refractivity contribution in [3.8, 4) is 5.75 Å². The molecule has 7 nitrogen and oxygen atoms in total. The van der Waals surface area contributed by atoms with E-state index in [1.54, 1.807) is 12.1 Å². The lowest BCUT2D eigenvalue weighted by molar-refractivity contribution is -0.133. The Morgan fingerprint density at radius 3 is 2.73 bits per heavy atom. The zero-order chi connectivity index (χ0) is 22.6. The monoisotopic (exact) mass is 449 g/mol. The summed E-state index contributed by atoms with van der Waals surface area (Å²) in [6.07, 6.45) is 3.96. The van der Waals surface area contributed by atoms with Crippen LogP contribution in [0.2, 0.25) is 0 Å². The number of amides is 1. The standard InChI is InChI=1S/C25H28FN5O2/c26-20-8-6-18(7-9-20)13-27-25(32)24-16-30-11-10-19(24)12-22(30)15-31-14-21(28-29-31)17-33-23-4-2-1-3-5-23/h1-9,14,19,22,24H,10-13,15-17H2,(H,27,32)/t19-,22+,24-/m0/s1. The van der Waals surface area contributed by atoms with Crippen LogP contribution < -0.4 is 10.1 Å². The fraction of sp³-hybridized carbons (Fsp3) is 0.400. The van der Waals surface area contributed by atoms with E-state index in [2.05, 4.69) is 20.5 Å². The Labute approximate surface area is 192 Å². The highest BCUT2D eigenvalue weighted by Gasteiger charge is 2.43. The van der Waals surface area contributed by atoms with E-state index in [4.69, 9.17) is 4.74 Å². The van der Waals surface area contributed by atoms with Gasteiger partial charge in [-0.2, -0.15) is 0 Å². The number of carbonyl (C=O) groups excluding carboxylic acids is 1. The maximum atomic E-state index is 13.1. The lowest BCUT2D eigenvalue weighted by atomic mass is 9.75. The largest absolute Gasteiger partial charge is 0.487 e. The van der Waals surface area contributed by atoms with E-state index in [1.807, 2.05) is 41.2 Å². The first-order valence-electron chi connectivity index (χ1n) is 11.5. The van der Waals surface area contributed by atoms with Crippen molar-refractivity contribution in [2.75, 3.05) is 13.1 Å². The Morgan fingerprint density at radius 1 is 1.15 bits per heavy atom. The molecular formula is C25H28FN5O2. The van der Waals surface area contributed by atoms with Gasteiger partial charge < -0.3 is 10.1 Å². The first kappa shape index (κ1) is 21.6. The number of piperidine rings is 3. The molecule has 0 radical (unpaired) electrons. The number of carbonyl (C=O) groups is 1. The SMILES string of the molecule is O=C(NCc1ccc(F)cc1)[C@H]1CN2CC[C@H]1C[C@@H]2Cn1cc(COc2ccccc2)nn1. The van der Waals surface area contributed by atoms with Gasteiger partial charge in [0.2, 0.25) is 5.91 Å². The maximum absolute atomic E-state index is 13.1. The summed E-state index contributed by atoms with van der Waals surface area (Å²) in [6, 6.07) is 16.3. The van der Waals surface area contributed by atoms with Crippen LogP contribution in [0.15, 0.2) is 60.8 Å². The highest BCUT2D eigenvalue weighted by molar-refractivity contribution is 5.79. The second-order valence-corrected chi connectivity index (χ2v) is 8.92. The quantitative estimate of drug-likeness (QED) is 0.572. The van der Waals surface area contributed by atoms with Crippen LogP contribution in [0.5, 0.6) is 5.75 Å². The highest BCUT2D eigenvalue weighted by atomic mass is 19.1. The molecule has 1 N–H and O–H groups in total. The molecule has 33 heavy (non-hydrogen) atoms. The molecule has 0 saturated carbocycles. The zero-order valence-electron chi connectivity index (χ0n) is 18.4. The molecule has 3 fully saturated rings. The van der Waals surface area contributed by atoms with E-state index in [-0.39, 0.29) is 17.6 Å². The first-order valence-corrected chi connectivity index (χ1v) is 11.5. The molecule has 3 aliphatic rings. The summed E-state index contributed by atoms with van der Waals surface area (Å²) in [6.45, 7) is 3.35. The normalized spacial score (nSPS) is 23.9. The number of hydrogen-bond acceptors (Lipinski definition) is 5. The Hall–Kier alpha value is -3.26. The van der Waals surface area contributed by atoms with Gasteiger partial charge in [0.15, 0.2) is 0 Å². The molecule has 2 bridgehead atoms. The number of benzene rings is 2. The van der Waals surface area contributed by atoms with Gasteiger partial charge in [-0.1, -0.05) is 35.5 Å². The Morgan fingerprint density at radius 2 is 1.97 bits per heavy atom. The molecule has 3 saturated heterocycles. The Kier molecular flexibility index (Phi) is 6.35. The molecule has 8 heteroatoms. The van der Waals surface area contributed by atoms with E-state index >= 15 is 0 Å². The van der Waals surface area contributed by atoms with Gasteiger partial charge in [-0.3, -0.25) is 14.4 Å². The summed E-state index contributed by atoms with van der Waals surface area (Å²) in [5.74, 6) is 1.01. The fourth-order valence-electron chi connectivity index (χ4n) is 4.93.